The summed E-state index contributed by atoms with van der Waals surface area (Å²) in [5, 5.41) is 0.874. The van der Waals surface area contributed by atoms with Crippen molar-refractivity contribution >= 4 is 22.6 Å². The summed E-state index contributed by atoms with van der Waals surface area (Å²) in [5.41, 5.74) is 8.11. The lowest BCUT2D eigenvalue weighted by atomic mass is 10.2. The molecular weight excluding hydrogens is 378 g/mol. The fourth-order valence-electron chi connectivity index (χ4n) is 3.68. The maximum absolute atomic E-state index is 12.8. The fourth-order valence-corrected chi connectivity index (χ4v) is 3.68. The molecule has 1 aromatic heterocycles. The molecule has 0 aliphatic carbocycles. The predicted octanol–water partition coefficient (Wildman–Crippen LogP) is 2.63. The lowest BCUT2D eigenvalue weighted by molar-refractivity contribution is -0.139. The number of ether oxygens (including phenoxy) is 1. The summed E-state index contributed by atoms with van der Waals surface area (Å²) >= 11 is 0. The van der Waals surface area contributed by atoms with Crippen LogP contribution in [-0.4, -0.2) is 58.0 Å². The van der Waals surface area contributed by atoms with Gasteiger partial charge in [0.25, 0.3) is 5.91 Å². The van der Waals surface area contributed by atoms with Crippen LogP contribution in [0.3, 0.4) is 0 Å². The van der Waals surface area contributed by atoms with Gasteiger partial charge in [0, 0.05) is 31.6 Å². The molecule has 1 aliphatic rings. The number of aromatic nitrogens is 2. The number of rotatable bonds is 5. The standard InChI is InChI=1S/C23H27N5O2/c1-16-7-9-18(10-8-16)30-17(2)23(29)28-13-11-27(12-14-28)15-21-25-20-6-4-3-5-19(20)22(24)26-21/h3-10,17H,11-15H2,1-2H3,(H2,24,25,26)/t17-/m0/s1. The summed E-state index contributed by atoms with van der Waals surface area (Å²) in [5.74, 6) is 1.95. The Labute approximate surface area is 176 Å². The zero-order valence-corrected chi connectivity index (χ0v) is 17.4. The molecule has 7 heteroatoms. The number of benzene rings is 2. The summed E-state index contributed by atoms with van der Waals surface area (Å²) < 4.78 is 5.82. The van der Waals surface area contributed by atoms with E-state index in [-0.39, 0.29) is 5.91 Å². The number of nitrogen functional groups attached to an aromatic ring is 1. The Morgan fingerprint density at radius 3 is 2.50 bits per heavy atom. The number of anilines is 1. The molecule has 2 aromatic carbocycles. The van der Waals surface area contributed by atoms with E-state index in [1.54, 1.807) is 6.92 Å². The average molecular weight is 406 g/mol. The highest BCUT2D eigenvalue weighted by atomic mass is 16.5. The van der Waals surface area contributed by atoms with E-state index in [4.69, 9.17) is 10.5 Å². The van der Waals surface area contributed by atoms with Crippen molar-refractivity contribution in [3.63, 3.8) is 0 Å². The molecular formula is C23H27N5O2. The van der Waals surface area contributed by atoms with Gasteiger partial charge in [-0.05, 0) is 38.1 Å². The second kappa shape index (κ2) is 8.67. The number of hydrogen-bond acceptors (Lipinski definition) is 6. The number of nitrogens with two attached hydrogens (primary N) is 1. The summed E-state index contributed by atoms with van der Waals surface area (Å²) in [4.78, 5) is 26.0. The molecule has 2 heterocycles. The number of carbonyl (C=O) groups is 1. The first-order valence-electron chi connectivity index (χ1n) is 10.3. The maximum atomic E-state index is 12.8. The Kier molecular flexibility index (Phi) is 5.81. The number of piperazine rings is 1. The van der Waals surface area contributed by atoms with E-state index in [2.05, 4.69) is 14.9 Å². The molecule has 1 atom stereocenters. The second-order valence-corrected chi connectivity index (χ2v) is 7.72. The molecule has 156 valence electrons. The van der Waals surface area contributed by atoms with Crippen LogP contribution in [0.25, 0.3) is 10.9 Å². The number of carbonyl (C=O) groups excluding carboxylic acids is 1. The van der Waals surface area contributed by atoms with E-state index >= 15 is 0 Å². The van der Waals surface area contributed by atoms with Crippen LogP contribution < -0.4 is 10.5 Å². The zero-order valence-electron chi connectivity index (χ0n) is 17.4. The molecule has 30 heavy (non-hydrogen) atoms. The number of nitrogens with zero attached hydrogens (tertiary/aromatic N) is 4. The molecule has 2 N–H and O–H groups in total. The van der Waals surface area contributed by atoms with Crippen molar-refractivity contribution in [2.24, 2.45) is 0 Å². The molecule has 0 radical (unpaired) electrons. The highest BCUT2D eigenvalue weighted by molar-refractivity contribution is 5.87. The molecule has 1 aliphatic heterocycles. The van der Waals surface area contributed by atoms with Crippen LogP contribution in [0.15, 0.2) is 48.5 Å². The number of fused-ring (bicyclic) bond motifs is 1. The number of aryl methyl sites for hydroxylation is 1. The van der Waals surface area contributed by atoms with Gasteiger partial charge < -0.3 is 15.4 Å². The van der Waals surface area contributed by atoms with Gasteiger partial charge in [-0.2, -0.15) is 0 Å². The Morgan fingerprint density at radius 2 is 1.77 bits per heavy atom. The first kappa shape index (κ1) is 20.1. The molecule has 0 saturated carbocycles. The Balaban J connectivity index is 1.32. The van der Waals surface area contributed by atoms with Crippen LogP contribution in [0.5, 0.6) is 5.75 Å². The van der Waals surface area contributed by atoms with Crippen molar-refractivity contribution < 1.29 is 9.53 Å². The normalized spacial score (nSPS) is 15.9. The van der Waals surface area contributed by atoms with Crippen LogP contribution >= 0.6 is 0 Å². The minimum absolute atomic E-state index is 0.0152. The van der Waals surface area contributed by atoms with Gasteiger partial charge in [0.2, 0.25) is 0 Å². The third-order valence-electron chi connectivity index (χ3n) is 5.41. The van der Waals surface area contributed by atoms with Crippen molar-refractivity contribution in [1.82, 2.24) is 19.8 Å². The molecule has 4 rings (SSSR count). The summed E-state index contributed by atoms with van der Waals surface area (Å²) in [6.45, 7) is 7.28. The minimum Gasteiger partial charge on any atom is -0.481 e. The van der Waals surface area contributed by atoms with Gasteiger partial charge in [0.15, 0.2) is 6.10 Å². The zero-order chi connectivity index (χ0) is 21.1. The molecule has 0 unspecified atom stereocenters. The van der Waals surface area contributed by atoms with Crippen molar-refractivity contribution in [3.8, 4) is 5.75 Å². The van der Waals surface area contributed by atoms with E-state index in [0.717, 1.165) is 29.6 Å². The quantitative estimate of drug-likeness (QED) is 0.702. The Bertz CT molecular complexity index is 1030. The Morgan fingerprint density at radius 1 is 1.07 bits per heavy atom. The Hall–Kier alpha value is -3.19. The predicted molar refractivity (Wildman–Crippen MR) is 117 cm³/mol. The van der Waals surface area contributed by atoms with E-state index in [1.807, 2.05) is 60.4 Å². The SMILES string of the molecule is Cc1ccc(O[C@@H](C)C(=O)N2CCN(Cc3nc(N)c4ccccc4n3)CC2)cc1. The molecule has 0 bridgehead atoms. The van der Waals surface area contributed by atoms with Crippen LogP contribution in [-0.2, 0) is 11.3 Å². The lowest BCUT2D eigenvalue weighted by Crippen LogP contribution is -2.51. The van der Waals surface area contributed by atoms with Gasteiger partial charge in [-0.1, -0.05) is 29.8 Å². The van der Waals surface area contributed by atoms with E-state index in [1.165, 1.54) is 0 Å². The van der Waals surface area contributed by atoms with Crippen molar-refractivity contribution in [3.05, 3.63) is 59.9 Å². The molecule has 7 nitrogen and oxygen atoms in total. The average Bonchev–Trinajstić information content (AvgIpc) is 2.75. The van der Waals surface area contributed by atoms with Gasteiger partial charge >= 0.3 is 0 Å². The van der Waals surface area contributed by atoms with Crippen molar-refractivity contribution in [2.75, 3.05) is 31.9 Å². The highest BCUT2D eigenvalue weighted by Crippen LogP contribution is 2.19. The highest BCUT2D eigenvalue weighted by Gasteiger charge is 2.26. The van der Waals surface area contributed by atoms with E-state index in [9.17, 15) is 4.79 Å². The number of para-hydroxylation sites is 1. The third kappa shape index (κ3) is 4.52. The maximum Gasteiger partial charge on any atom is 0.263 e. The van der Waals surface area contributed by atoms with Gasteiger partial charge in [-0.25, -0.2) is 9.97 Å². The van der Waals surface area contributed by atoms with Crippen molar-refractivity contribution in [1.29, 1.82) is 0 Å². The minimum atomic E-state index is -0.511. The largest absolute Gasteiger partial charge is 0.481 e. The van der Waals surface area contributed by atoms with Crippen LogP contribution in [0.4, 0.5) is 5.82 Å². The van der Waals surface area contributed by atoms with Gasteiger partial charge in [-0.3, -0.25) is 9.69 Å². The molecule has 1 fully saturated rings. The molecule has 1 amide bonds. The fraction of sp³-hybridized carbons (Fsp3) is 0.348. The molecule has 3 aromatic rings. The molecule has 0 spiro atoms. The first-order valence-corrected chi connectivity index (χ1v) is 10.3. The summed E-state index contributed by atoms with van der Waals surface area (Å²) in [6.07, 6.45) is -0.511. The van der Waals surface area contributed by atoms with Gasteiger partial charge in [0.05, 0.1) is 12.1 Å². The van der Waals surface area contributed by atoms with E-state index in [0.29, 0.717) is 37.0 Å². The number of amides is 1. The lowest BCUT2D eigenvalue weighted by Gasteiger charge is -2.35. The first-order chi connectivity index (χ1) is 14.5. The van der Waals surface area contributed by atoms with Crippen LogP contribution in [0.1, 0.15) is 18.3 Å². The van der Waals surface area contributed by atoms with Gasteiger partial charge in [0.1, 0.15) is 17.4 Å². The number of hydrogen-bond donors (Lipinski definition) is 1. The monoisotopic (exact) mass is 405 g/mol. The van der Waals surface area contributed by atoms with Gasteiger partial charge in [-0.15, -0.1) is 0 Å². The summed E-state index contributed by atoms with van der Waals surface area (Å²) in [7, 11) is 0. The smallest absolute Gasteiger partial charge is 0.263 e. The van der Waals surface area contributed by atoms with Crippen LogP contribution in [0.2, 0.25) is 0 Å². The summed E-state index contributed by atoms with van der Waals surface area (Å²) in [6, 6.07) is 15.5. The second-order valence-electron chi connectivity index (χ2n) is 7.72. The van der Waals surface area contributed by atoms with E-state index < -0.39 is 6.10 Å². The topological polar surface area (TPSA) is 84.6 Å². The van der Waals surface area contributed by atoms with Crippen molar-refractivity contribution in [2.45, 2.75) is 26.5 Å². The third-order valence-corrected chi connectivity index (χ3v) is 5.41. The molecule has 1 saturated heterocycles. The van der Waals surface area contributed by atoms with Crippen LogP contribution in [0, 0.1) is 6.92 Å².